The van der Waals surface area contributed by atoms with E-state index in [4.69, 9.17) is 4.74 Å². The van der Waals surface area contributed by atoms with Gasteiger partial charge in [-0.05, 0) is 29.2 Å². The maximum absolute atomic E-state index is 11.8. The summed E-state index contributed by atoms with van der Waals surface area (Å²) in [5, 5.41) is 6.93. The Kier molecular flexibility index (Phi) is 5.31. The minimum atomic E-state index is -0.401. The molecule has 3 N–H and O–H groups in total. The number of nitrogens with one attached hydrogen (secondary N) is 3. The van der Waals surface area contributed by atoms with Gasteiger partial charge in [0.1, 0.15) is 11.2 Å². The highest BCUT2D eigenvalue weighted by Gasteiger charge is 2.15. The number of aromatic amines is 1. The first-order valence-electron chi connectivity index (χ1n) is 9.97. The number of imidazole rings is 1. The monoisotopic (exact) mass is 406 g/mol. The third kappa shape index (κ3) is 3.80. The van der Waals surface area contributed by atoms with Gasteiger partial charge < -0.3 is 24.9 Å². The molecule has 30 heavy (non-hydrogen) atoms. The summed E-state index contributed by atoms with van der Waals surface area (Å²) in [5.74, 6) is 1.05. The summed E-state index contributed by atoms with van der Waals surface area (Å²) in [6.07, 6.45) is 1.39. The fourth-order valence-corrected chi connectivity index (χ4v) is 3.44. The average molecular weight is 406 g/mol. The molecule has 0 spiro atoms. The van der Waals surface area contributed by atoms with Crippen molar-refractivity contribution in [3.05, 3.63) is 42.2 Å². The van der Waals surface area contributed by atoms with Gasteiger partial charge in [0.15, 0.2) is 5.82 Å². The number of benzene rings is 1. The lowest BCUT2D eigenvalue weighted by molar-refractivity contribution is 0.132. The van der Waals surface area contributed by atoms with E-state index in [0.717, 1.165) is 44.7 Å². The standard InChI is InChI=1S/C22H26N6O2/c1-13(2)11-30-22(29)24-10-14-6-5-7-15(8-14)17-9-16-19-18(25-12-28(19)4)21(23-3)27-20(16)26-17/h5-9,12-13H,10-11H2,1-4H3,(H,24,29)(H2,23,26,27). The Balaban J connectivity index is 1.61. The third-order valence-corrected chi connectivity index (χ3v) is 4.90. The Bertz CT molecular complexity index is 1210. The number of alkyl carbamates (subject to hydrolysis) is 1. The predicted molar refractivity (Wildman–Crippen MR) is 118 cm³/mol. The molecule has 1 amide bonds. The van der Waals surface area contributed by atoms with Crippen molar-refractivity contribution in [3.63, 3.8) is 0 Å². The van der Waals surface area contributed by atoms with Crippen LogP contribution in [0.5, 0.6) is 0 Å². The molecule has 0 fully saturated rings. The largest absolute Gasteiger partial charge is 0.449 e. The highest BCUT2D eigenvalue weighted by Crippen LogP contribution is 2.31. The number of pyridine rings is 1. The number of hydrogen-bond donors (Lipinski definition) is 3. The van der Waals surface area contributed by atoms with Crippen LogP contribution in [0, 0.1) is 5.92 Å². The lowest BCUT2D eigenvalue weighted by atomic mass is 10.1. The number of amides is 1. The summed E-state index contributed by atoms with van der Waals surface area (Å²) < 4.78 is 7.17. The average Bonchev–Trinajstić information content (AvgIpc) is 3.33. The van der Waals surface area contributed by atoms with Crippen LogP contribution in [0.3, 0.4) is 0 Å². The number of carbonyl (C=O) groups excluding carboxylic acids is 1. The number of anilines is 1. The van der Waals surface area contributed by atoms with Gasteiger partial charge in [-0.3, -0.25) is 0 Å². The number of H-pyrrole nitrogens is 1. The first-order chi connectivity index (χ1) is 14.5. The highest BCUT2D eigenvalue weighted by molar-refractivity contribution is 6.07. The van der Waals surface area contributed by atoms with Crippen LogP contribution in [0.1, 0.15) is 19.4 Å². The highest BCUT2D eigenvalue weighted by atomic mass is 16.5. The Hall–Kier alpha value is -3.55. The van der Waals surface area contributed by atoms with Gasteiger partial charge in [-0.1, -0.05) is 32.0 Å². The molecule has 3 aromatic heterocycles. The quantitative estimate of drug-likeness (QED) is 0.449. The minimum absolute atomic E-state index is 0.309. The second-order valence-electron chi connectivity index (χ2n) is 7.75. The van der Waals surface area contributed by atoms with Gasteiger partial charge in [0, 0.05) is 31.7 Å². The molecular weight excluding hydrogens is 380 g/mol. The third-order valence-electron chi connectivity index (χ3n) is 4.90. The summed E-state index contributed by atoms with van der Waals surface area (Å²) >= 11 is 0. The van der Waals surface area contributed by atoms with Crippen molar-refractivity contribution >= 4 is 34.0 Å². The summed E-state index contributed by atoms with van der Waals surface area (Å²) in [5.41, 5.74) is 5.63. The molecule has 8 nitrogen and oxygen atoms in total. The molecule has 1 aromatic carbocycles. The molecular formula is C22H26N6O2. The normalized spacial score (nSPS) is 11.4. The van der Waals surface area contributed by atoms with E-state index in [1.54, 1.807) is 6.33 Å². The Labute approximate surface area is 174 Å². The van der Waals surface area contributed by atoms with E-state index in [0.29, 0.717) is 19.1 Å². The molecule has 0 atom stereocenters. The number of hydrogen-bond acceptors (Lipinski definition) is 5. The molecule has 0 unspecified atom stereocenters. The molecule has 0 aliphatic carbocycles. The number of carbonyl (C=O) groups is 1. The van der Waals surface area contributed by atoms with Gasteiger partial charge in [-0.2, -0.15) is 0 Å². The van der Waals surface area contributed by atoms with Crippen molar-refractivity contribution in [1.29, 1.82) is 0 Å². The summed E-state index contributed by atoms with van der Waals surface area (Å²) in [7, 11) is 3.82. The maximum atomic E-state index is 11.8. The van der Waals surface area contributed by atoms with E-state index in [1.807, 2.05) is 56.8 Å². The molecule has 4 rings (SSSR count). The van der Waals surface area contributed by atoms with Gasteiger partial charge >= 0.3 is 6.09 Å². The van der Waals surface area contributed by atoms with E-state index in [1.165, 1.54) is 0 Å². The van der Waals surface area contributed by atoms with Crippen LogP contribution in [0.25, 0.3) is 33.3 Å². The molecule has 156 valence electrons. The van der Waals surface area contributed by atoms with Gasteiger partial charge in [-0.15, -0.1) is 0 Å². The zero-order valence-electron chi connectivity index (χ0n) is 17.6. The molecule has 8 heteroatoms. The fourth-order valence-electron chi connectivity index (χ4n) is 3.44. The molecule has 0 aliphatic rings. The Morgan fingerprint density at radius 3 is 2.90 bits per heavy atom. The number of aryl methyl sites for hydroxylation is 1. The second-order valence-corrected chi connectivity index (χ2v) is 7.75. The van der Waals surface area contributed by atoms with Crippen molar-refractivity contribution < 1.29 is 9.53 Å². The first-order valence-corrected chi connectivity index (χ1v) is 9.97. The molecule has 3 heterocycles. The van der Waals surface area contributed by atoms with Gasteiger partial charge in [0.05, 0.1) is 18.5 Å². The number of fused-ring (bicyclic) bond motifs is 3. The Morgan fingerprint density at radius 2 is 2.13 bits per heavy atom. The minimum Gasteiger partial charge on any atom is -0.449 e. The van der Waals surface area contributed by atoms with Crippen LogP contribution >= 0.6 is 0 Å². The number of rotatable bonds is 6. The number of aromatic nitrogens is 4. The molecule has 0 bridgehead atoms. The van der Waals surface area contributed by atoms with Crippen LogP contribution in [0.4, 0.5) is 10.6 Å². The molecule has 0 radical (unpaired) electrons. The fraction of sp³-hybridized carbons (Fsp3) is 0.318. The molecule has 0 saturated carbocycles. The van der Waals surface area contributed by atoms with Crippen molar-refractivity contribution in [2.45, 2.75) is 20.4 Å². The van der Waals surface area contributed by atoms with Crippen molar-refractivity contribution in [3.8, 4) is 11.3 Å². The lowest BCUT2D eigenvalue weighted by Gasteiger charge is -2.09. The van der Waals surface area contributed by atoms with E-state index >= 15 is 0 Å². The van der Waals surface area contributed by atoms with E-state index in [2.05, 4.69) is 31.7 Å². The van der Waals surface area contributed by atoms with Gasteiger partial charge in [-0.25, -0.2) is 14.8 Å². The maximum Gasteiger partial charge on any atom is 0.407 e. The first kappa shape index (κ1) is 19.8. The van der Waals surface area contributed by atoms with Gasteiger partial charge in [0.2, 0.25) is 0 Å². The predicted octanol–water partition coefficient (Wildman–Crippen LogP) is 4.04. The SMILES string of the molecule is CNc1nc2[nH]c(-c3cccc(CNC(=O)OCC(C)C)c3)cc2c2c1ncn2C. The van der Waals surface area contributed by atoms with E-state index in [9.17, 15) is 4.79 Å². The molecule has 0 aliphatic heterocycles. The topological polar surface area (TPSA) is 96.9 Å². The van der Waals surface area contributed by atoms with Crippen LogP contribution in [0.15, 0.2) is 36.7 Å². The van der Waals surface area contributed by atoms with Crippen LogP contribution in [0.2, 0.25) is 0 Å². The smallest absolute Gasteiger partial charge is 0.407 e. The summed E-state index contributed by atoms with van der Waals surface area (Å²) in [6.45, 7) is 4.82. The summed E-state index contributed by atoms with van der Waals surface area (Å²) in [4.78, 5) is 24.4. The number of ether oxygens (including phenoxy) is 1. The van der Waals surface area contributed by atoms with E-state index in [-0.39, 0.29) is 0 Å². The van der Waals surface area contributed by atoms with E-state index < -0.39 is 6.09 Å². The van der Waals surface area contributed by atoms with Crippen molar-refractivity contribution in [2.24, 2.45) is 13.0 Å². The molecule has 0 saturated heterocycles. The zero-order valence-corrected chi connectivity index (χ0v) is 17.6. The van der Waals surface area contributed by atoms with Crippen molar-refractivity contribution in [1.82, 2.24) is 24.8 Å². The van der Waals surface area contributed by atoms with Crippen LogP contribution in [-0.4, -0.2) is 39.3 Å². The molecule has 4 aromatic rings. The Morgan fingerprint density at radius 1 is 1.30 bits per heavy atom. The van der Waals surface area contributed by atoms with Crippen molar-refractivity contribution in [2.75, 3.05) is 19.0 Å². The summed E-state index contributed by atoms with van der Waals surface area (Å²) in [6, 6.07) is 10.1. The lowest BCUT2D eigenvalue weighted by Crippen LogP contribution is -2.25. The van der Waals surface area contributed by atoms with Gasteiger partial charge in [0.25, 0.3) is 0 Å². The van der Waals surface area contributed by atoms with Crippen LogP contribution in [-0.2, 0) is 18.3 Å². The number of nitrogens with zero attached hydrogens (tertiary/aromatic N) is 3. The van der Waals surface area contributed by atoms with Crippen LogP contribution < -0.4 is 10.6 Å². The second kappa shape index (κ2) is 8.06. The zero-order chi connectivity index (χ0) is 21.3.